The van der Waals surface area contributed by atoms with Crippen molar-refractivity contribution >= 4 is 77.4 Å². The van der Waals surface area contributed by atoms with E-state index in [0.717, 1.165) is 0 Å². The minimum atomic E-state index is -3.51. The average molecular weight is 299 g/mol. The fourth-order valence-corrected chi connectivity index (χ4v) is 0.612. The van der Waals surface area contributed by atoms with Crippen LogP contribution in [-0.4, -0.2) is 54.3 Å². The zero-order valence-electron chi connectivity index (χ0n) is 6.24. The van der Waals surface area contributed by atoms with E-state index < -0.39 is 21.3 Å². The number of hydrogen-bond donors (Lipinski definition) is 1. The van der Waals surface area contributed by atoms with Gasteiger partial charge in [-0.05, 0) is 0 Å². The molecule has 0 radical (unpaired) electrons. The van der Waals surface area contributed by atoms with Crippen molar-refractivity contribution in [1.82, 2.24) is 0 Å². The smallest absolute Gasteiger partial charge is 0.781 e. The molecular formula is C2H6CaCl2O6P2. The summed E-state index contributed by atoms with van der Waals surface area (Å²) < 4.78 is 21.8. The van der Waals surface area contributed by atoms with Crippen molar-refractivity contribution in [2.24, 2.45) is 0 Å². The molecule has 0 rings (SSSR count). The van der Waals surface area contributed by atoms with Crippen molar-refractivity contribution in [2.75, 3.05) is 6.61 Å². The van der Waals surface area contributed by atoms with Gasteiger partial charge < -0.3 is 24.0 Å². The molecule has 0 saturated carbocycles. The quantitative estimate of drug-likeness (QED) is 0.402. The van der Waals surface area contributed by atoms with E-state index in [9.17, 15) is 18.9 Å². The van der Waals surface area contributed by atoms with Crippen molar-refractivity contribution in [3.8, 4) is 0 Å². The van der Waals surface area contributed by atoms with Gasteiger partial charge in [-0.2, -0.15) is 0 Å². The molecule has 0 aliphatic carbocycles. The Kier molecular flexibility index (Phi) is 22.3. The molecule has 0 aromatic heterocycles. The van der Waals surface area contributed by atoms with Gasteiger partial charge in [0, 0.05) is 0 Å². The average Bonchev–Trinajstić information content (AvgIpc) is 1.85. The van der Waals surface area contributed by atoms with Crippen LogP contribution in [0.15, 0.2) is 0 Å². The molecule has 0 spiro atoms. The van der Waals surface area contributed by atoms with E-state index >= 15 is 0 Å². The van der Waals surface area contributed by atoms with Gasteiger partial charge in [-0.25, -0.2) is 0 Å². The number of rotatable bonds is 3. The SMILES string of the molecule is O=[PH]([O-])O[PH](=O)[O-].OCC(Cl)Cl.[Ca+2]. The van der Waals surface area contributed by atoms with Gasteiger partial charge in [0.2, 0.25) is 0 Å². The largest absolute Gasteiger partial charge is 2.00 e. The van der Waals surface area contributed by atoms with Gasteiger partial charge in [0.15, 0.2) is 0 Å². The Bertz CT molecular complexity index is 144. The molecule has 0 aliphatic heterocycles. The Balaban J connectivity index is -0.000000150. The van der Waals surface area contributed by atoms with Gasteiger partial charge in [0.1, 0.15) is 21.3 Å². The molecule has 2 unspecified atom stereocenters. The van der Waals surface area contributed by atoms with E-state index in [-0.39, 0.29) is 44.3 Å². The summed E-state index contributed by atoms with van der Waals surface area (Å²) in [6.07, 6.45) is 0. The summed E-state index contributed by atoms with van der Waals surface area (Å²) in [6, 6.07) is 0. The van der Waals surface area contributed by atoms with E-state index in [1.165, 1.54) is 0 Å². The predicted octanol–water partition coefficient (Wildman–Crippen LogP) is -1.10. The molecule has 76 valence electrons. The Hall–Kier alpha value is 2.14. The molecule has 0 amide bonds. The molecule has 13 heavy (non-hydrogen) atoms. The first-order valence-corrected chi connectivity index (χ1v) is 5.71. The Labute approximate surface area is 116 Å². The summed E-state index contributed by atoms with van der Waals surface area (Å²) in [4.78, 5) is 18.0. The van der Waals surface area contributed by atoms with E-state index in [4.69, 9.17) is 28.3 Å². The van der Waals surface area contributed by atoms with Crippen molar-refractivity contribution in [3.63, 3.8) is 0 Å². The monoisotopic (exact) mass is 298 g/mol. The van der Waals surface area contributed by atoms with Crippen LogP contribution in [0.4, 0.5) is 0 Å². The van der Waals surface area contributed by atoms with Crippen molar-refractivity contribution in [1.29, 1.82) is 0 Å². The van der Waals surface area contributed by atoms with Crippen LogP contribution in [0.3, 0.4) is 0 Å². The Morgan fingerprint density at radius 2 is 1.54 bits per heavy atom. The second-order valence-corrected chi connectivity index (χ2v) is 4.27. The van der Waals surface area contributed by atoms with E-state index in [2.05, 4.69) is 4.31 Å². The fraction of sp³-hybridized carbons (Fsp3) is 1.00. The number of halogens is 2. The maximum atomic E-state index is 9.29. The zero-order valence-corrected chi connectivity index (χ0v) is 12.0. The maximum absolute atomic E-state index is 9.29. The summed E-state index contributed by atoms with van der Waals surface area (Å²) in [5.41, 5.74) is 0. The summed E-state index contributed by atoms with van der Waals surface area (Å²) in [6.45, 7) is -0.164. The third-order valence-corrected chi connectivity index (χ3v) is 1.91. The fourth-order valence-electron chi connectivity index (χ4n) is 0.0680. The summed E-state index contributed by atoms with van der Waals surface area (Å²) in [7, 11) is -7.03. The van der Waals surface area contributed by atoms with Crippen molar-refractivity contribution in [2.45, 2.75) is 4.84 Å². The van der Waals surface area contributed by atoms with E-state index in [1.54, 1.807) is 0 Å². The molecule has 0 aromatic carbocycles. The molecular weight excluding hydrogens is 293 g/mol. The molecule has 0 aliphatic rings. The Morgan fingerprint density at radius 1 is 1.31 bits per heavy atom. The summed E-state index contributed by atoms with van der Waals surface area (Å²) in [5.74, 6) is 0. The van der Waals surface area contributed by atoms with Gasteiger partial charge in [0.25, 0.3) is 0 Å². The molecule has 0 heterocycles. The first-order valence-electron chi connectivity index (χ1n) is 2.39. The first kappa shape index (κ1) is 20.5. The van der Waals surface area contributed by atoms with E-state index in [0.29, 0.717) is 0 Å². The van der Waals surface area contributed by atoms with Gasteiger partial charge in [-0.3, -0.25) is 4.31 Å². The third kappa shape index (κ3) is 31.5. The Morgan fingerprint density at radius 3 is 1.54 bits per heavy atom. The maximum Gasteiger partial charge on any atom is 2.00 e. The standard InChI is InChI=1S/C2H4Cl2O.Ca.H4O5P2/c3-2(4)1-5;;1-6(2)5-7(3)4/h2,5H,1H2;;6-7H,(H,1,2)(H,3,4)/q;+2;/p-2. The summed E-state index contributed by atoms with van der Waals surface area (Å²) >= 11 is 9.96. The van der Waals surface area contributed by atoms with Gasteiger partial charge in [-0.1, -0.05) is 0 Å². The molecule has 0 aromatic rings. The second kappa shape index (κ2) is 14.1. The minimum Gasteiger partial charge on any atom is -0.781 e. The second-order valence-electron chi connectivity index (χ2n) is 1.18. The topological polar surface area (TPSA) is 110 Å². The first-order chi connectivity index (χ1) is 5.40. The normalized spacial score (nSPS) is 13.7. The van der Waals surface area contributed by atoms with Crippen LogP contribution < -0.4 is 9.79 Å². The molecule has 0 fully saturated rings. The van der Waals surface area contributed by atoms with Crippen molar-refractivity contribution in [3.05, 3.63) is 0 Å². The minimum absolute atomic E-state index is 0. The number of hydrogen-bond acceptors (Lipinski definition) is 6. The van der Waals surface area contributed by atoms with Crippen LogP contribution >= 0.6 is 39.7 Å². The molecule has 1 N–H and O–H groups in total. The van der Waals surface area contributed by atoms with E-state index in [1.807, 2.05) is 0 Å². The van der Waals surface area contributed by atoms with Gasteiger partial charge >= 0.3 is 37.7 Å². The number of alkyl halides is 2. The van der Waals surface area contributed by atoms with Crippen LogP contribution in [0.2, 0.25) is 0 Å². The molecule has 2 atom stereocenters. The van der Waals surface area contributed by atoms with Crippen LogP contribution in [0.25, 0.3) is 0 Å². The van der Waals surface area contributed by atoms with Crippen LogP contribution in [0.1, 0.15) is 0 Å². The van der Waals surface area contributed by atoms with Gasteiger partial charge in [-0.15, -0.1) is 23.2 Å². The summed E-state index contributed by atoms with van der Waals surface area (Å²) in [5, 5.41) is 7.88. The molecule has 0 bridgehead atoms. The predicted molar refractivity (Wildman–Crippen MR) is 47.4 cm³/mol. The van der Waals surface area contributed by atoms with Crippen LogP contribution in [0, 0.1) is 0 Å². The third-order valence-electron chi connectivity index (χ3n) is 0.305. The zero-order chi connectivity index (χ0) is 10.1. The van der Waals surface area contributed by atoms with Crippen LogP contribution in [-0.2, 0) is 13.4 Å². The van der Waals surface area contributed by atoms with Gasteiger partial charge in [0.05, 0.1) is 6.61 Å². The van der Waals surface area contributed by atoms with Crippen LogP contribution in [0.5, 0.6) is 0 Å². The molecule has 11 heteroatoms. The number of aliphatic hydroxyl groups is 1. The number of aliphatic hydroxyl groups excluding tert-OH is 1. The molecule has 6 nitrogen and oxygen atoms in total. The van der Waals surface area contributed by atoms with Crippen molar-refractivity contribution < 1.29 is 28.3 Å². The molecule has 0 saturated heterocycles.